The highest BCUT2D eigenvalue weighted by Gasteiger charge is 2.07. The quantitative estimate of drug-likeness (QED) is 0.166. The maximum atomic E-state index is 13.2. The first-order chi connectivity index (χ1) is 14.1. The molecule has 1 amide bonds. The van der Waals surface area contributed by atoms with E-state index >= 15 is 0 Å². The first-order valence-corrected chi connectivity index (χ1v) is 9.84. The topological polar surface area (TPSA) is 85.8 Å². The zero-order valence-corrected chi connectivity index (χ0v) is 19.4. The van der Waals surface area contributed by atoms with Crippen LogP contribution in [0.5, 0.6) is 0 Å². The molecule has 30 heavy (non-hydrogen) atoms. The Morgan fingerprint density at radius 2 is 1.80 bits per heavy atom. The molecule has 6 nitrogen and oxygen atoms in total. The second kappa shape index (κ2) is 14.7. The summed E-state index contributed by atoms with van der Waals surface area (Å²) in [6.07, 6.45) is 0.110. The van der Waals surface area contributed by atoms with Crippen LogP contribution in [0.3, 0.4) is 0 Å². The first-order valence-electron chi connectivity index (χ1n) is 9.84. The van der Waals surface area contributed by atoms with Gasteiger partial charge in [-0.05, 0) is 36.6 Å². The number of hydrogen-bond acceptors (Lipinski definition) is 3. The second-order valence-corrected chi connectivity index (χ2v) is 6.56. The summed E-state index contributed by atoms with van der Waals surface area (Å²) >= 11 is 0. The standard InChI is InChI=1S/C22H29FN4O2.HI/c1-2-24-22(26-12-11-20(28)18-8-4-3-5-9-18)27-14-13-25-21(29)16-17-7-6-10-19(23)15-17;/h3-10,15,20,28H,2,11-14,16H2,1H3,(H,25,29)(H2,24,26,27);1H. The van der Waals surface area contributed by atoms with E-state index in [1.165, 1.54) is 12.1 Å². The molecule has 4 N–H and O–H groups in total. The van der Waals surface area contributed by atoms with Gasteiger partial charge < -0.3 is 21.1 Å². The van der Waals surface area contributed by atoms with Crippen molar-refractivity contribution >= 4 is 35.8 Å². The Hall–Kier alpha value is -2.20. The van der Waals surface area contributed by atoms with E-state index < -0.39 is 6.10 Å². The van der Waals surface area contributed by atoms with Crippen LogP contribution >= 0.6 is 24.0 Å². The van der Waals surface area contributed by atoms with Crippen LogP contribution in [0, 0.1) is 5.82 Å². The maximum absolute atomic E-state index is 13.2. The number of amides is 1. The van der Waals surface area contributed by atoms with Crippen molar-refractivity contribution in [2.75, 3.05) is 26.2 Å². The number of aliphatic hydroxyl groups excluding tert-OH is 1. The van der Waals surface area contributed by atoms with Crippen LogP contribution in [-0.2, 0) is 11.2 Å². The van der Waals surface area contributed by atoms with Gasteiger partial charge in [0.05, 0.1) is 12.5 Å². The van der Waals surface area contributed by atoms with Crippen LogP contribution in [0.4, 0.5) is 4.39 Å². The average molecular weight is 528 g/mol. The molecule has 0 aliphatic heterocycles. The van der Waals surface area contributed by atoms with Gasteiger partial charge >= 0.3 is 0 Å². The molecule has 0 aliphatic rings. The molecule has 2 aromatic carbocycles. The highest BCUT2D eigenvalue weighted by Crippen LogP contribution is 2.15. The Balaban J connectivity index is 0.00000450. The Labute approximate surface area is 194 Å². The lowest BCUT2D eigenvalue weighted by Gasteiger charge is -2.13. The van der Waals surface area contributed by atoms with Crippen molar-refractivity contribution < 1.29 is 14.3 Å². The summed E-state index contributed by atoms with van der Waals surface area (Å²) in [7, 11) is 0. The highest BCUT2D eigenvalue weighted by molar-refractivity contribution is 14.0. The van der Waals surface area contributed by atoms with Gasteiger partial charge in [0, 0.05) is 26.2 Å². The predicted molar refractivity (Wildman–Crippen MR) is 129 cm³/mol. The minimum Gasteiger partial charge on any atom is -0.388 e. The maximum Gasteiger partial charge on any atom is 0.224 e. The fourth-order valence-electron chi connectivity index (χ4n) is 2.76. The Kier molecular flexibility index (Phi) is 12.7. The lowest BCUT2D eigenvalue weighted by atomic mass is 10.1. The third-order valence-corrected chi connectivity index (χ3v) is 4.19. The van der Waals surface area contributed by atoms with Gasteiger partial charge in [-0.25, -0.2) is 4.39 Å². The number of nitrogens with one attached hydrogen (secondary N) is 3. The van der Waals surface area contributed by atoms with Gasteiger partial charge in [0.15, 0.2) is 5.96 Å². The number of carbonyl (C=O) groups is 1. The number of aliphatic imine (C=N–C) groups is 1. The first kappa shape index (κ1) is 25.8. The lowest BCUT2D eigenvalue weighted by Crippen LogP contribution is -2.41. The van der Waals surface area contributed by atoms with Crippen LogP contribution in [0.1, 0.15) is 30.6 Å². The van der Waals surface area contributed by atoms with E-state index in [0.29, 0.717) is 44.1 Å². The van der Waals surface area contributed by atoms with Gasteiger partial charge in [0.1, 0.15) is 5.82 Å². The van der Waals surface area contributed by atoms with Crippen molar-refractivity contribution in [3.63, 3.8) is 0 Å². The average Bonchev–Trinajstić information content (AvgIpc) is 2.71. The van der Waals surface area contributed by atoms with Gasteiger partial charge in [0.2, 0.25) is 5.91 Å². The predicted octanol–water partition coefficient (Wildman–Crippen LogP) is 2.78. The molecule has 1 unspecified atom stereocenters. The molecule has 0 fully saturated rings. The van der Waals surface area contributed by atoms with Crippen LogP contribution in [0.2, 0.25) is 0 Å². The minimum atomic E-state index is -0.551. The molecule has 1 atom stereocenters. The van der Waals surface area contributed by atoms with E-state index in [1.54, 1.807) is 12.1 Å². The molecule has 0 spiro atoms. The highest BCUT2D eigenvalue weighted by atomic mass is 127. The van der Waals surface area contributed by atoms with E-state index in [4.69, 9.17) is 0 Å². The van der Waals surface area contributed by atoms with Crippen LogP contribution < -0.4 is 16.0 Å². The van der Waals surface area contributed by atoms with Crippen LogP contribution in [-0.4, -0.2) is 43.2 Å². The van der Waals surface area contributed by atoms with Crippen molar-refractivity contribution in [2.24, 2.45) is 4.99 Å². The van der Waals surface area contributed by atoms with Gasteiger partial charge in [-0.3, -0.25) is 9.79 Å². The van der Waals surface area contributed by atoms with E-state index in [1.807, 2.05) is 37.3 Å². The lowest BCUT2D eigenvalue weighted by molar-refractivity contribution is -0.120. The fraction of sp³-hybridized carbons (Fsp3) is 0.364. The van der Waals surface area contributed by atoms with Crippen LogP contribution in [0.25, 0.3) is 0 Å². The zero-order chi connectivity index (χ0) is 20.9. The van der Waals surface area contributed by atoms with Gasteiger partial charge in [-0.1, -0.05) is 42.5 Å². The Morgan fingerprint density at radius 1 is 1.07 bits per heavy atom. The van der Waals surface area contributed by atoms with Crippen molar-refractivity contribution in [1.82, 2.24) is 16.0 Å². The SMILES string of the molecule is CCNC(=NCCC(O)c1ccccc1)NCCNC(=O)Cc1cccc(F)c1.I. The normalized spacial score (nSPS) is 11.9. The van der Waals surface area contributed by atoms with Gasteiger partial charge in [-0.2, -0.15) is 0 Å². The number of rotatable bonds is 10. The molecular weight excluding hydrogens is 498 g/mol. The van der Waals surface area contributed by atoms with Crippen molar-refractivity contribution in [3.05, 3.63) is 71.5 Å². The third kappa shape index (κ3) is 10.0. The fourth-order valence-corrected chi connectivity index (χ4v) is 2.76. The molecular formula is C22H30FIN4O2. The Morgan fingerprint density at radius 3 is 2.50 bits per heavy atom. The molecule has 2 rings (SSSR count). The number of nitrogens with zero attached hydrogens (tertiary/aromatic N) is 1. The molecule has 0 aliphatic carbocycles. The Bertz CT molecular complexity index is 790. The summed E-state index contributed by atoms with van der Waals surface area (Å²) in [5, 5.41) is 19.3. The summed E-state index contributed by atoms with van der Waals surface area (Å²) in [4.78, 5) is 16.4. The number of benzene rings is 2. The largest absolute Gasteiger partial charge is 0.388 e. The van der Waals surface area contributed by atoms with E-state index in [9.17, 15) is 14.3 Å². The van der Waals surface area contributed by atoms with Crippen molar-refractivity contribution in [1.29, 1.82) is 0 Å². The molecule has 0 saturated heterocycles. The summed E-state index contributed by atoms with van der Waals surface area (Å²) in [6.45, 7) is 4.07. The number of guanidine groups is 1. The van der Waals surface area contributed by atoms with Crippen molar-refractivity contribution in [3.8, 4) is 0 Å². The number of carbonyl (C=O) groups excluding carboxylic acids is 1. The minimum absolute atomic E-state index is 0. The molecule has 0 heterocycles. The van der Waals surface area contributed by atoms with E-state index in [0.717, 1.165) is 5.56 Å². The molecule has 0 aromatic heterocycles. The molecule has 0 bridgehead atoms. The molecule has 0 saturated carbocycles. The second-order valence-electron chi connectivity index (χ2n) is 6.56. The summed E-state index contributed by atoms with van der Waals surface area (Å²) in [5.74, 6) is 0.123. The van der Waals surface area contributed by atoms with E-state index in [2.05, 4.69) is 20.9 Å². The summed E-state index contributed by atoms with van der Waals surface area (Å²) in [5.41, 5.74) is 1.52. The number of aliphatic hydroxyl groups is 1. The van der Waals surface area contributed by atoms with E-state index in [-0.39, 0.29) is 42.1 Å². The summed E-state index contributed by atoms with van der Waals surface area (Å²) < 4.78 is 13.2. The van der Waals surface area contributed by atoms with Gasteiger partial charge in [-0.15, -0.1) is 24.0 Å². The zero-order valence-electron chi connectivity index (χ0n) is 17.1. The molecule has 0 radical (unpaired) electrons. The third-order valence-electron chi connectivity index (χ3n) is 4.19. The van der Waals surface area contributed by atoms with Gasteiger partial charge in [0.25, 0.3) is 0 Å². The monoisotopic (exact) mass is 528 g/mol. The smallest absolute Gasteiger partial charge is 0.224 e. The van der Waals surface area contributed by atoms with Crippen LogP contribution in [0.15, 0.2) is 59.6 Å². The molecule has 2 aromatic rings. The molecule has 8 heteroatoms. The number of hydrogen-bond donors (Lipinski definition) is 4. The molecule has 164 valence electrons. The van der Waals surface area contributed by atoms with Crippen molar-refractivity contribution in [2.45, 2.75) is 25.9 Å². The number of halogens is 2. The summed E-state index contributed by atoms with van der Waals surface area (Å²) in [6, 6.07) is 15.5.